The van der Waals surface area contributed by atoms with Gasteiger partial charge in [0.05, 0.1) is 20.3 Å². The number of nitrogens with one attached hydrogen (secondary N) is 1. The summed E-state index contributed by atoms with van der Waals surface area (Å²) in [5.41, 5.74) is 0. The summed E-state index contributed by atoms with van der Waals surface area (Å²) in [6.07, 6.45) is 0.727. The Balaban J connectivity index is 3.45. The van der Waals surface area contributed by atoms with Crippen molar-refractivity contribution in [2.45, 2.75) is 19.4 Å². The summed E-state index contributed by atoms with van der Waals surface area (Å²) in [5.74, 6) is -0.212. The lowest BCUT2D eigenvalue weighted by molar-refractivity contribution is -0.143. The molecule has 0 aliphatic carbocycles. The molecule has 0 aliphatic rings. The van der Waals surface area contributed by atoms with Gasteiger partial charge < -0.3 is 19.7 Å². The number of nitrogens with zero attached hydrogens (tertiary/aromatic N) is 1. The van der Waals surface area contributed by atoms with Crippen molar-refractivity contribution in [1.82, 2.24) is 10.2 Å². The summed E-state index contributed by atoms with van der Waals surface area (Å²) in [6, 6.07) is -0.220. The molecule has 0 aliphatic heterocycles. The van der Waals surface area contributed by atoms with Crippen molar-refractivity contribution >= 4 is 5.97 Å². The third kappa shape index (κ3) is 7.62. The van der Waals surface area contributed by atoms with Gasteiger partial charge in [0.2, 0.25) is 0 Å². The summed E-state index contributed by atoms with van der Waals surface area (Å²) in [6.45, 7) is 4.85. The van der Waals surface area contributed by atoms with E-state index in [1.165, 1.54) is 7.11 Å². The molecule has 1 atom stereocenters. The minimum atomic E-state index is -0.220. The maximum absolute atomic E-state index is 11.2. The Morgan fingerprint density at radius 3 is 2.56 bits per heavy atom. The second-order valence-corrected chi connectivity index (χ2v) is 3.85. The van der Waals surface area contributed by atoms with Crippen molar-refractivity contribution in [2.75, 3.05) is 47.5 Å². The molecule has 0 bridgehead atoms. The Hall–Kier alpha value is -0.650. The van der Waals surface area contributed by atoms with E-state index >= 15 is 0 Å². The second kappa shape index (κ2) is 9.57. The molecule has 0 amide bonds. The maximum atomic E-state index is 11.2. The Morgan fingerprint density at radius 2 is 2.06 bits per heavy atom. The number of carbonyl (C=O) groups is 1. The highest BCUT2D eigenvalue weighted by molar-refractivity contribution is 5.75. The zero-order valence-corrected chi connectivity index (χ0v) is 10.8. The predicted molar refractivity (Wildman–Crippen MR) is 63.5 cm³/mol. The molecule has 0 aromatic heterocycles. The van der Waals surface area contributed by atoms with Crippen LogP contribution in [0.4, 0.5) is 0 Å². The zero-order chi connectivity index (χ0) is 12.4. The van der Waals surface area contributed by atoms with E-state index in [4.69, 9.17) is 4.74 Å². The maximum Gasteiger partial charge on any atom is 0.322 e. The summed E-state index contributed by atoms with van der Waals surface area (Å²) in [4.78, 5) is 13.3. The summed E-state index contributed by atoms with van der Waals surface area (Å²) >= 11 is 0. The molecule has 0 saturated heterocycles. The highest BCUT2D eigenvalue weighted by Crippen LogP contribution is 1.93. The molecule has 0 heterocycles. The number of esters is 1. The van der Waals surface area contributed by atoms with Crippen LogP contribution in [0.25, 0.3) is 0 Å². The topological polar surface area (TPSA) is 50.8 Å². The van der Waals surface area contributed by atoms with E-state index in [0.717, 1.165) is 13.0 Å². The van der Waals surface area contributed by atoms with Crippen molar-refractivity contribution in [1.29, 1.82) is 0 Å². The third-order valence-electron chi connectivity index (χ3n) is 2.21. The fourth-order valence-corrected chi connectivity index (χ4v) is 1.19. The second-order valence-electron chi connectivity index (χ2n) is 3.85. The minimum absolute atomic E-state index is 0.212. The first kappa shape index (κ1) is 15.3. The lowest BCUT2D eigenvalue weighted by atomic mass is 10.2. The fourth-order valence-electron chi connectivity index (χ4n) is 1.19. The molecule has 0 spiro atoms. The van der Waals surface area contributed by atoms with Crippen LogP contribution in [-0.4, -0.2) is 64.4 Å². The predicted octanol–water partition coefficient (Wildman–Crippen LogP) is 0.106. The Kier molecular flexibility index (Phi) is 9.18. The van der Waals surface area contributed by atoms with Crippen LogP contribution in [0.1, 0.15) is 13.3 Å². The van der Waals surface area contributed by atoms with E-state index in [9.17, 15) is 4.79 Å². The molecule has 5 nitrogen and oxygen atoms in total. The van der Waals surface area contributed by atoms with Crippen LogP contribution in [0.5, 0.6) is 0 Å². The average molecular weight is 232 g/mol. The molecule has 0 rings (SSSR count). The number of rotatable bonds is 9. The van der Waals surface area contributed by atoms with Crippen molar-refractivity contribution in [3.8, 4) is 0 Å². The van der Waals surface area contributed by atoms with E-state index in [2.05, 4.69) is 15.0 Å². The first-order valence-corrected chi connectivity index (χ1v) is 5.65. The van der Waals surface area contributed by atoms with Crippen LogP contribution in [0, 0.1) is 0 Å². The van der Waals surface area contributed by atoms with Crippen molar-refractivity contribution < 1.29 is 14.3 Å². The van der Waals surface area contributed by atoms with Crippen molar-refractivity contribution in [3.63, 3.8) is 0 Å². The Morgan fingerprint density at radius 1 is 1.38 bits per heavy atom. The van der Waals surface area contributed by atoms with Crippen molar-refractivity contribution in [3.05, 3.63) is 0 Å². The van der Waals surface area contributed by atoms with Gasteiger partial charge >= 0.3 is 5.97 Å². The number of hydrogen-bond donors (Lipinski definition) is 1. The van der Waals surface area contributed by atoms with Gasteiger partial charge in [0.25, 0.3) is 0 Å². The first-order valence-electron chi connectivity index (χ1n) is 5.65. The molecule has 0 fully saturated rings. The van der Waals surface area contributed by atoms with Gasteiger partial charge in [-0.25, -0.2) is 0 Å². The molecule has 5 heteroatoms. The molecule has 1 N–H and O–H groups in total. The highest BCUT2D eigenvalue weighted by atomic mass is 16.5. The van der Waals surface area contributed by atoms with Gasteiger partial charge in [0, 0.05) is 13.1 Å². The lowest BCUT2D eigenvalue weighted by Gasteiger charge is -2.15. The molecule has 1 unspecified atom stereocenters. The van der Waals surface area contributed by atoms with E-state index < -0.39 is 0 Å². The number of methoxy groups -OCH3 is 1. The van der Waals surface area contributed by atoms with Gasteiger partial charge in [-0.3, -0.25) is 4.79 Å². The monoisotopic (exact) mass is 232 g/mol. The molecule has 0 saturated carbocycles. The van der Waals surface area contributed by atoms with E-state index in [1.807, 2.05) is 21.0 Å². The van der Waals surface area contributed by atoms with Gasteiger partial charge in [-0.15, -0.1) is 0 Å². The lowest BCUT2D eigenvalue weighted by Crippen LogP contribution is -2.39. The normalized spacial score (nSPS) is 12.8. The smallest absolute Gasteiger partial charge is 0.322 e. The van der Waals surface area contributed by atoms with Crippen LogP contribution in [0.3, 0.4) is 0 Å². The summed E-state index contributed by atoms with van der Waals surface area (Å²) < 4.78 is 10.1. The zero-order valence-electron chi connectivity index (χ0n) is 10.8. The third-order valence-corrected chi connectivity index (χ3v) is 2.21. The van der Waals surface area contributed by atoms with Crippen LogP contribution >= 0.6 is 0 Å². The first-order chi connectivity index (χ1) is 7.61. The Bertz CT molecular complexity index is 186. The number of likely N-dealkylation sites (N-methyl/N-ethyl adjacent to an activating group) is 1. The SMILES string of the molecule is CCC(NCCOCCN(C)C)C(=O)OC. The number of carbonyl (C=O) groups excluding carboxylic acids is 1. The minimum Gasteiger partial charge on any atom is -0.468 e. The van der Waals surface area contributed by atoms with Gasteiger partial charge in [-0.2, -0.15) is 0 Å². The molecule has 0 radical (unpaired) electrons. The largest absolute Gasteiger partial charge is 0.468 e. The molecule has 0 aromatic rings. The van der Waals surface area contributed by atoms with E-state index in [0.29, 0.717) is 19.8 Å². The average Bonchev–Trinajstić information content (AvgIpc) is 2.27. The molecule has 96 valence electrons. The standard InChI is InChI=1S/C11H24N2O3/c1-5-10(11(14)15-4)12-6-8-16-9-7-13(2)3/h10,12H,5-9H2,1-4H3. The van der Waals surface area contributed by atoms with E-state index in [-0.39, 0.29) is 12.0 Å². The summed E-state index contributed by atoms with van der Waals surface area (Å²) in [5, 5.41) is 3.10. The van der Waals surface area contributed by atoms with Crippen LogP contribution in [0.15, 0.2) is 0 Å². The van der Waals surface area contributed by atoms with Crippen LogP contribution in [0.2, 0.25) is 0 Å². The van der Waals surface area contributed by atoms with E-state index in [1.54, 1.807) is 0 Å². The Labute approximate surface area is 98.1 Å². The highest BCUT2D eigenvalue weighted by Gasteiger charge is 2.14. The van der Waals surface area contributed by atoms with Gasteiger partial charge in [0.1, 0.15) is 6.04 Å². The van der Waals surface area contributed by atoms with Crippen LogP contribution < -0.4 is 5.32 Å². The quantitative estimate of drug-likeness (QED) is 0.451. The molecular formula is C11H24N2O3. The number of hydrogen-bond acceptors (Lipinski definition) is 5. The molecule has 0 aromatic carbocycles. The van der Waals surface area contributed by atoms with Gasteiger partial charge in [-0.05, 0) is 20.5 Å². The summed E-state index contributed by atoms with van der Waals surface area (Å²) in [7, 11) is 5.41. The number of ether oxygens (including phenoxy) is 2. The van der Waals surface area contributed by atoms with Gasteiger partial charge in [-0.1, -0.05) is 6.92 Å². The van der Waals surface area contributed by atoms with Crippen LogP contribution in [-0.2, 0) is 14.3 Å². The van der Waals surface area contributed by atoms with Gasteiger partial charge in [0.15, 0.2) is 0 Å². The molecular weight excluding hydrogens is 208 g/mol. The molecule has 16 heavy (non-hydrogen) atoms. The fraction of sp³-hybridized carbons (Fsp3) is 0.909. The van der Waals surface area contributed by atoms with Crippen molar-refractivity contribution in [2.24, 2.45) is 0 Å².